The van der Waals surface area contributed by atoms with Crippen LogP contribution in [-0.4, -0.2) is 37.0 Å². The number of nitrogens with zero attached hydrogens (tertiary/aromatic N) is 2. The summed E-state index contributed by atoms with van der Waals surface area (Å²) in [6, 6.07) is 0. The molecule has 0 amide bonds. The second-order valence-electron chi connectivity index (χ2n) is 5.62. The van der Waals surface area contributed by atoms with Gasteiger partial charge in [0.2, 0.25) is 0 Å². The Hall–Kier alpha value is -0.990. The van der Waals surface area contributed by atoms with Gasteiger partial charge in [-0.1, -0.05) is 18.6 Å². The van der Waals surface area contributed by atoms with E-state index >= 15 is 0 Å². The Bertz CT molecular complexity index is 316. The zero-order chi connectivity index (χ0) is 12.8. The van der Waals surface area contributed by atoms with Gasteiger partial charge in [0.15, 0.2) is 5.96 Å². The van der Waals surface area contributed by atoms with Gasteiger partial charge in [-0.15, -0.1) is 0 Å². The van der Waals surface area contributed by atoms with E-state index in [-0.39, 0.29) is 0 Å². The van der Waals surface area contributed by atoms with Gasteiger partial charge in [-0.05, 0) is 44.9 Å². The smallest absolute Gasteiger partial charge is 0.193 e. The summed E-state index contributed by atoms with van der Waals surface area (Å²) in [6.07, 6.45) is 11.0. The fraction of sp³-hybridized carbons (Fsp3) is 0.800. The summed E-state index contributed by atoms with van der Waals surface area (Å²) in [5, 5.41) is 3.44. The highest BCUT2D eigenvalue weighted by atomic mass is 15.3. The van der Waals surface area contributed by atoms with Gasteiger partial charge in [-0.2, -0.15) is 0 Å². The summed E-state index contributed by atoms with van der Waals surface area (Å²) < 4.78 is 0. The van der Waals surface area contributed by atoms with Crippen LogP contribution >= 0.6 is 0 Å². The maximum absolute atomic E-state index is 4.74. The fourth-order valence-electron chi connectivity index (χ4n) is 3.04. The Balaban J connectivity index is 1.88. The molecule has 1 heterocycles. The summed E-state index contributed by atoms with van der Waals surface area (Å²) in [4.78, 5) is 7.21. The summed E-state index contributed by atoms with van der Waals surface area (Å²) in [5.41, 5.74) is 0.652. The number of aliphatic imine (C=N–C) groups is 1. The molecule has 0 aromatic rings. The second kappa shape index (κ2) is 6.26. The Morgan fingerprint density at radius 1 is 1.39 bits per heavy atom. The lowest BCUT2D eigenvalue weighted by Gasteiger charge is -2.38. The number of guanidine groups is 1. The number of rotatable bonds is 4. The average Bonchev–Trinajstić information content (AvgIpc) is 2.78. The number of hydrogen-bond donors (Lipinski definition) is 1. The van der Waals surface area contributed by atoms with Crippen molar-refractivity contribution in [1.82, 2.24) is 10.2 Å². The molecule has 2 aliphatic rings. The molecule has 102 valence electrons. The predicted octanol–water partition coefficient (Wildman–Crippen LogP) is 2.79. The Kier molecular flexibility index (Phi) is 4.67. The summed E-state index contributed by atoms with van der Waals surface area (Å²) in [6.45, 7) is 8.49. The van der Waals surface area contributed by atoms with E-state index < -0.39 is 0 Å². The fourth-order valence-corrected chi connectivity index (χ4v) is 3.04. The van der Waals surface area contributed by atoms with Crippen LogP contribution in [0.1, 0.15) is 46.0 Å². The first-order valence-corrected chi connectivity index (χ1v) is 7.44. The molecular formula is C15H27N3. The SMILES string of the molecule is C/C=C/CCN=C(NCC)N1CCC2(CCC2)C1. The molecule has 0 bridgehead atoms. The second-order valence-corrected chi connectivity index (χ2v) is 5.62. The van der Waals surface area contributed by atoms with Crippen LogP contribution in [0.5, 0.6) is 0 Å². The molecule has 1 spiro atoms. The van der Waals surface area contributed by atoms with Crippen LogP contribution in [0.25, 0.3) is 0 Å². The molecule has 18 heavy (non-hydrogen) atoms. The van der Waals surface area contributed by atoms with Gasteiger partial charge in [-0.3, -0.25) is 4.99 Å². The van der Waals surface area contributed by atoms with Crippen LogP contribution < -0.4 is 5.32 Å². The van der Waals surface area contributed by atoms with Crippen molar-refractivity contribution in [1.29, 1.82) is 0 Å². The van der Waals surface area contributed by atoms with E-state index in [0.717, 1.165) is 25.5 Å². The van der Waals surface area contributed by atoms with Crippen molar-refractivity contribution in [3.05, 3.63) is 12.2 Å². The standard InChI is InChI=1S/C15H27N3/c1-3-5-6-11-17-14(16-4-2)18-12-10-15(13-18)8-7-9-15/h3,5H,4,6-13H2,1-2H3,(H,16,17)/b5-3+. The van der Waals surface area contributed by atoms with Gasteiger partial charge < -0.3 is 10.2 Å². The predicted molar refractivity (Wildman–Crippen MR) is 77.9 cm³/mol. The lowest BCUT2D eigenvalue weighted by Crippen LogP contribution is -2.42. The monoisotopic (exact) mass is 249 g/mol. The maximum Gasteiger partial charge on any atom is 0.193 e. The molecule has 0 unspecified atom stereocenters. The molecule has 1 N–H and O–H groups in total. The molecule has 0 radical (unpaired) electrons. The van der Waals surface area contributed by atoms with E-state index in [1.807, 2.05) is 0 Å². The minimum absolute atomic E-state index is 0.652. The van der Waals surface area contributed by atoms with Gasteiger partial charge in [-0.25, -0.2) is 0 Å². The first-order chi connectivity index (χ1) is 8.79. The summed E-state index contributed by atoms with van der Waals surface area (Å²) >= 11 is 0. The number of nitrogens with one attached hydrogen (secondary N) is 1. The van der Waals surface area contributed by atoms with E-state index in [1.165, 1.54) is 38.8 Å². The van der Waals surface area contributed by atoms with Crippen LogP contribution in [0.2, 0.25) is 0 Å². The lowest BCUT2D eigenvalue weighted by molar-refractivity contribution is 0.151. The number of hydrogen-bond acceptors (Lipinski definition) is 1. The third kappa shape index (κ3) is 3.06. The molecular weight excluding hydrogens is 222 g/mol. The Morgan fingerprint density at radius 2 is 2.22 bits per heavy atom. The Morgan fingerprint density at radius 3 is 2.78 bits per heavy atom. The minimum atomic E-state index is 0.652. The zero-order valence-corrected chi connectivity index (χ0v) is 11.9. The van der Waals surface area contributed by atoms with Crippen molar-refractivity contribution in [2.24, 2.45) is 10.4 Å². The summed E-state index contributed by atoms with van der Waals surface area (Å²) in [7, 11) is 0. The van der Waals surface area contributed by atoms with Gasteiger partial charge in [0.05, 0.1) is 0 Å². The van der Waals surface area contributed by atoms with Crippen LogP contribution in [0.15, 0.2) is 17.1 Å². The molecule has 0 atom stereocenters. The molecule has 0 aromatic heterocycles. The third-order valence-electron chi connectivity index (χ3n) is 4.28. The number of allylic oxidation sites excluding steroid dienone is 1. The molecule has 1 saturated carbocycles. The average molecular weight is 249 g/mol. The van der Waals surface area contributed by atoms with Gasteiger partial charge >= 0.3 is 0 Å². The summed E-state index contributed by atoms with van der Waals surface area (Å²) in [5.74, 6) is 1.13. The van der Waals surface area contributed by atoms with Crippen molar-refractivity contribution in [3.8, 4) is 0 Å². The minimum Gasteiger partial charge on any atom is -0.357 e. The van der Waals surface area contributed by atoms with Crippen molar-refractivity contribution < 1.29 is 0 Å². The highest BCUT2D eigenvalue weighted by Crippen LogP contribution is 2.47. The van der Waals surface area contributed by atoms with Gasteiger partial charge in [0.25, 0.3) is 0 Å². The lowest BCUT2D eigenvalue weighted by atomic mass is 9.68. The van der Waals surface area contributed by atoms with E-state index in [9.17, 15) is 0 Å². The van der Waals surface area contributed by atoms with Crippen molar-refractivity contribution in [2.45, 2.75) is 46.0 Å². The first-order valence-electron chi connectivity index (χ1n) is 7.44. The molecule has 1 aliphatic heterocycles. The molecule has 1 aliphatic carbocycles. The molecule has 3 nitrogen and oxygen atoms in total. The van der Waals surface area contributed by atoms with Crippen LogP contribution in [0, 0.1) is 5.41 Å². The van der Waals surface area contributed by atoms with Crippen LogP contribution in [0.4, 0.5) is 0 Å². The maximum atomic E-state index is 4.74. The third-order valence-corrected chi connectivity index (χ3v) is 4.28. The zero-order valence-electron chi connectivity index (χ0n) is 11.9. The van der Waals surface area contributed by atoms with Crippen molar-refractivity contribution in [3.63, 3.8) is 0 Å². The van der Waals surface area contributed by atoms with E-state index in [4.69, 9.17) is 4.99 Å². The van der Waals surface area contributed by atoms with E-state index in [1.54, 1.807) is 0 Å². The van der Waals surface area contributed by atoms with E-state index in [2.05, 4.69) is 36.2 Å². The molecule has 2 rings (SSSR count). The van der Waals surface area contributed by atoms with Gasteiger partial charge in [0.1, 0.15) is 0 Å². The molecule has 2 fully saturated rings. The quantitative estimate of drug-likeness (QED) is 0.359. The molecule has 1 saturated heterocycles. The molecule has 3 heteroatoms. The number of likely N-dealkylation sites (tertiary alicyclic amines) is 1. The highest BCUT2D eigenvalue weighted by Gasteiger charge is 2.43. The normalized spacial score (nSPS) is 22.8. The Labute approximate surface area is 111 Å². The first kappa shape index (κ1) is 13.4. The largest absolute Gasteiger partial charge is 0.357 e. The van der Waals surface area contributed by atoms with Crippen molar-refractivity contribution >= 4 is 5.96 Å². The van der Waals surface area contributed by atoms with Crippen LogP contribution in [-0.2, 0) is 0 Å². The van der Waals surface area contributed by atoms with Crippen molar-refractivity contribution in [2.75, 3.05) is 26.2 Å². The molecule has 0 aromatic carbocycles. The van der Waals surface area contributed by atoms with E-state index in [0.29, 0.717) is 5.41 Å². The topological polar surface area (TPSA) is 27.6 Å². The van der Waals surface area contributed by atoms with Crippen LogP contribution in [0.3, 0.4) is 0 Å². The van der Waals surface area contributed by atoms with Gasteiger partial charge in [0, 0.05) is 26.2 Å². The highest BCUT2D eigenvalue weighted by molar-refractivity contribution is 5.80.